The van der Waals surface area contributed by atoms with Gasteiger partial charge in [-0.3, -0.25) is 4.98 Å². The molecule has 5 rings (SSSR count). The van der Waals surface area contributed by atoms with Crippen molar-refractivity contribution in [3.8, 4) is 0 Å². The average molecular weight is 334 g/mol. The number of piperidine rings is 1. The van der Waals surface area contributed by atoms with Gasteiger partial charge in [-0.2, -0.15) is 0 Å². The summed E-state index contributed by atoms with van der Waals surface area (Å²) in [5, 5.41) is 1.25. The Labute approximate surface area is 130 Å². The molecule has 2 aromatic rings. The van der Waals surface area contributed by atoms with Crippen molar-refractivity contribution in [1.82, 2.24) is 9.88 Å². The number of halogens is 1. The van der Waals surface area contributed by atoms with E-state index in [1.165, 1.54) is 43.5 Å². The molecule has 3 saturated heterocycles. The van der Waals surface area contributed by atoms with Crippen molar-refractivity contribution in [3.63, 3.8) is 0 Å². The van der Waals surface area contributed by atoms with Crippen LogP contribution >= 0.6 is 17.0 Å². The molecule has 106 valence electrons. The van der Waals surface area contributed by atoms with Crippen molar-refractivity contribution in [1.29, 1.82) is 0 Å². The van der Waals surface area contributed by atoms with Gasteiger partial charge in [0, 0.05) is 37.6 Å². The molecule has 3 aliphatic rings. The fraction of sp³-hybridized carbons (Fsp3) is 0.438. The fourth-order valence-corrected chi connectivity index (χ4v) is 3.44. The molecule has 20 heavy (non-hydrogen) atoms. The number of anilines is 1. The normalized spacial score (nSPS) is 25.3. The second kappa shape index (κ2) is 5.70. The van der Waals surface area contributed by atoms with Gasteiger partial charge in [-0.25, -0.2) is 0 Å². The van der Waals surface area contributed by atoms with Gasteiger partial charge >= 0.3 is 0 Å². The van der Waals surface area contributed by atoms with Crippen LogP contribution in [0.5, 0.6) is 0 Å². The zero-order valence-corrected chi connectivity index (χ0v) is 13.2. The second-order valence-corrected chi connectivity index (χ2v) is 5.65. The molecule has 0 atom stereocenters. The summed E-state index contributed by atoms with van der Waals surface area (Å²) in [5.41, 5.74) is 2.39. The van der Waals surface area contributed by atoms with Crippen LogP contribution in [0.1, 0.15) is 12.8 Å². The molecule has 0 amide bonds. The largest absolute Gasteiger partial charge is 0.366 e. The van der Waals surface area contributed by atoms with Crippen LogP contribution < -0.4 is 4.90 Å². The van der Waals surface area contributed by atoms with Crippen LogP contribution in [0.4, 0.5) is 5.69 Å². The molecule has 0 aliphatic carbocycles. The monoisotopic (exact) mass is 333 g/mol. The Kier molecular flexibility index (Phi) is 3.94. The maximum Gasteiger partial charge on any atom is 0.0703 e. The van der Waals surface area contributed by atoms with E-state index in [9.17, 15) is 0 Å². The molecule has 4 heteroatoms. The minimum absolute atomic E-state index is 0. The zero-order chi connectivity index (χ0) is 12.7. The van der Waals surface area contributed by atoms with E-state index in [2.05, 4.69) is 51.3 Å². The van der Waals surface area contributed by atoms with E-state index in [4.69, 9.17) is 0 Å². The summed E-state index contributed by atoms with van der Waals surface area (Å²) in [5.74, 6) is 0. The third kappa shape index (κ3) is 2.42. The summed E-state index contributed by atoms with van der Waals surface area (Å²) in [4.78, 5) is 9.78. The number of hydrogen-bond acceptors (Lipinski definition) is 3. The highest BCUT2D eigenvalue weighted by Crippen LogP contribution is 2.28. The van der Waals surface area contributed by atoms with Crippen LogP contribution in [0.25, 0.3) is 10.9 Å². The Morgan fingerprint density at radius 3 is 2.65 bits per heavy atom. The number of pyridine rings is 1. The highest BCUT2D eigenvalue weighted by atomic mass is 79.9. The first kappa shape index (κ1) is 13.8. The van der Waals surface area contributed by atoms with Crippen molar-refractivity contribution < 1.29 is 0 Å². The molecule has 0 N–H and O–H groups in total. The smallest absolute Gasteiger partial charge is 0.0703 e. The van der Waals surface area contributed by atoms with Crippen LogP contribution in [-0.4, -0.2) is 42.1 Å². The first-order valence-corrected chi connectivity index (χ1v) is 7.24. The van der Waals surface area contributed by atoms with Gasteiger partial charge in [0.1, 0.15) is 0 Å². The SMILES string of the molecule is Br.c1ccc2ncc(N3CCN4CCC3CC4)cc2c1. The van der Waals surface area contributed by atoms with Crippen LogP contribution in [-0.2, 0) is 0 Å². The van der Waals surface area contributed by atoms with Crippen LogP contribution in [0.3, 0.4) is 0 Å². The van der Waals surface area contributed by atoms with Gasteiger partial charge in [0.05, 0.1) is 17.4 Å². The van der Waals surface area contributed by atoms with E-state index in [-0.39, 0.29) is 17.0 Å². The highest BCUT2D eigenvalue weighted by molar-refractivity contribution is 8.93. The Hall–Kier alpha value is -1.13. The lowest BCUT2D eigenvalue weighted by molar-refractivity contribution is 0.250. The first-order valence-electron chi connectivity index (χ1n) is 7.24. The zero-order valence-electron chi connectivity index (χ0n) is 11.5. The predicted molar refractivity (Wildman–Crippen MR) is 88.9 cm³/mol. The molecular formula is C16H20BrN3. The van der Waals surface area contributed by atoms with E-state index in [0.717, 1.165) is 12.1 Å². The van der Waals surface area contributed by atoms with Gasteiger partial charge in [-0.15, -0.1) is 17.0 Å². The number of para-hydroxylation sites is 1. The van der Waals surface area contributed by atoms with E-state index >= 15 is 0 Å². The molecule has 0 unspecified atom stereocenters. The third-order valence-corrected chi connectivity index (χ3v) is 4.56. The molecule has 0 radical (unpaired) electrons. The molecule has 2 bridgehead atoms. The fourth-order valence-electron chi connectivity index (χ4n) is 3.44. The molecule has 4 heterocycles. The van der Waals surface area contributed by atoms with Crippen LogP contribution in [0, 0.1) is 0 Å². The minimum Gasteiger partial charge on any atom is -0.366 e. The lowest BCUT2D eigenvalue weighted by atomic mass is 10.0. The molecule has 3 aliphatic heterocycles. The minimum atomic E-state index is 0. The Bertz CT molecular complexity index is 593. The van der Waals surface area contributed by atoms with E-state index < -0.39 is 0 Å². The van der Waals surface area contributed by atoms with Gasteiger partial charge in [-0.05, 0) is 25.0 Å². The average Bonchev–Trinajstić information content (AvgIpc) is 2.80. The van der Waals surface area contributed by atoms with Gasteiger partial charge < -0.3 is 9.80 Å². The van der Waals surface area contributed by atoms with Gasteiger partial charge in [-0.1, -0.05) is 18.2 Å². The number of aromatic nitrogens is 1. The van der Waals surface area contributed by atoms with Crippen molar-refractivity contribution in [2.24, 2.45) is 0 Å². The van der Waals surface area contributed by atoms with Crippen LogP contribution in [0.2, 0.25) is 0 Å². The number of fused-ring (bicyclic) bond motifs is 5. The lowest BCUT2D eigenvalue weighted by Crippen LogP contribution is -2.37. The summed E-state index contributed by atoms with van der Waals surface area (Å²) in [6, 6.07) is 11.4. The molecule has 3 fully saturated rings. The topological polar surface area (TPSA) is 19.4 Å². The third-order valence-electron chi connectivity index (χ3n) is 4.56. The van der Waals surface area contributed by atoms with Gasteiger partial charge in [0.25, 0.3) is 0 Å². The van der Waals surface area contributed by atoms with Gasteiger partial charge in [0.2, 0.25) is 0 Å². The molecule has 0 spiro atoms. The molecule has 0 saturated carbocycles. The molecule has 3 nitrogen and oxygen atoms in total. The number of hydrogen-bond donors (Lipinski definition) is 0. The van der Waals surface area contributed by atoms with Crippen LogP contribution in [0.15, 0.2) is 36.5 Å². The van der Waals surface area contributed by atoms with Crippen molar-refractivity contribution >= 4 is 33.6 Å². The molecular weight excluding hydrogens is 314 g/mol. The quantitative estimate of drug-likeness (QED) is 0.799. The predicted octanol–water partition coefficient (Wildman–Crippen LogP) is 3.10. The molecule has 1 aromatic heterocycles. The lowest BCUT2D eigenvalue weighted by Gasteiger charge is -2.32. The number of rotatable bonds is 1. The summed E-state index contributed by atoms with van der Waals surface area (Å²) >= 11 is 0. The first-order chi connectivity index (χ1) is 9.40. The molecule has 1 aromatic carbocycles. The maximum absolute atomic E-state index is 4.61. The Morgan fingerprint density at radius 1 is 1.00 bits per heavy atom. The summed E-state index contributed by atoms with van der Waals surface area (Å²) in [6.07, 6.45) is 4.65. The second-order valence-electron chi connectivity index (χ2n) is 5.65. The number of nitrogens with zero attached hydrogens (tertiary/aromatic N) is 3. The van der Waals surface area contributed by atoms with Crippen molar-refractivity contribution in [3.05, 3.63) is 36.5 Å². The summed E-state index contributed by atoms with van der Waals surface area (Å²) < 4.78 is 0. The summed E-state index contributed by atoms with van der Waals surface area (Å²) in [6.45, 7) is 4.87. The highest BCUT2D eigenvalue weighted by Gasteiger charge is 2.29. The van der Waals surface area contributed by atoms with Gasteiger partial charge in [0.15, 0.2) is 0 Å². The van der Waals surface area contributed by atoms with Crippen molar-refractivity contribution in [2.45, 2.75) is 18.9 Å². The standard InChI is InChI=1S/C16H19N3.BrH/c1-2-4-16-13(3-1)11-15(12-17-16)19-10-9-18-7-5-14(19)6-8-18;/h1-4,11-12,14H,5-10H2;1H. The van der Waals surface area contributed by atoms with E-state index in [1.54, 1.807) is 0 Å². The van der Waals surface area contributed by atoms with E-state index in [1.807, 2.05) is 0 Å². The Balaban J connectivity index is 0.00000121. The van der Waals surface area contributed by atoms with E-state index in [0.29, 0.717) is 6.04 Å². The van der Waals surface area contributed by atoms with Crippen molar-refractivity contribution in [2.75, 3.05) is 31.1 Å². The Morgan fingerprint density at radius 2 is 1.80 bits per heavy atom. The summed E-state index contributed by atoms with van der Waals surface area (Å²) in [7, 11) is 0. The maximum atomic E-state index is 4.61. The number of benzene rings is 1.